The van der Waals surface area contributed by atoms with E-state index in [0.717, 1.165) is 12.3 Å². The maximum atomic E-state index is 9.37. The van der Waals surface area contributed by atoms with Crippen molar-refractivity contribution in [1.29, 1.82) is 5.26 Å². The van der Waals surface area contributed by atoms with Gasteiger partial charge in [0.1, 0.15) is 5.54 Å². The topological polar surface area (TPSA) is 35.8 Å². The van der Waals surface area contributed by atoms with Gasteiger partial charge in [0.25, 0.3) is 0 Å². The predicted molar refractivity (Wildman–Crippen MR) is 66.0 cm³/mol. The van der Waals surface area contributed by atoms with E-state index in [2.05, 4.69) is 18.3 Å². The molecule has 0 heterocycles. The molecule has 0 aromatic carbocycles. The molecular weight excluding hydrogens is 196 g/mol. The maximum Gasteiger partial charge on any atom is 0.104 e. The summed E-state index contributed by atoms with van der Waals surface area (Å²) in [4.78, 5) is 0. The fourth-order valence-electron chi connectivity index (χ4n) is 3.11. The third-order valence-electron chi connectivity index (χ3n) is 4.30. The minimum atomic E-state index is -0.271. The molecule has 0 saturated heterocycles. The van der Waals surface area contributed by atoms with Crippen molar-refractivity contribution in [2.45, 2.75) is 76.3 Å². The Morgan fingerprint density at radius 1 is 1.12 bits per heavy atom. The van der Waals surface area contributed by atoms with Crippen LogP contribution in [0.3, 0.4) is 0 Å². The van der Waals surface area contributed by atoms with Crippen LogP contribution in [0.15, 0.2) is 0 Å². The van der Waals surface area contributed by atoms with Crippen molar-refractivity contribution in [1.82, 2.24) is 5.32 Å². The first-order valence-electron chi connectivity index (χ1n) is 6.91. The van der Waals surface area contributed by atoms with Crippen LogP contribution in [-0.2, 0) is 0 Å². The second-order valence-corrected chi connectivity index (χ2v) is 5.92. The molecule has 0 spiro atoms. The standard InChI is InChI=1S/C14H24N2/c1-14(11-15,10-12-6-5-7-12)16-13-8-3-2-4-9-13/h12-13,16H,2-10H2,1H3. The van der Waals surface area contributed by atoms with Crippen molar-refractivity contribution >= 4 is 0 Å². The number of rotatable bonds is 4. The van der Waals surface area contributed by atoms with E-state index in [1.54, 1.807) is 0 Å². The van der Waals surface area contributed by atoms with Gasteiger partial charge >= 0.3 is 0 Å². The highest BCUT2D eigenvalue weighted by Gasteiger charge is 2.32. The summed E-state index contributed by atoms with van der Waals surface area (Å²) >= 11 is 0. The molecule has 16 heavy (non-hydrogen) atoms. The fraction of sp³-hybridized carbons (Fsp3) is 0.929. The van der Waals surface area contributed by atoms with Gasteiger partial charge in [-0.2, -0.15) is 5.26 Å². The van der Waals surface area contributed by atoms with Crippen LogP contribution >= 0.6 is 0 Å². The maximum absolute atomic E-state index is 9.37. The summed E-state index contributed by atoms with van der Waals surface area (Å²) in [7, 11) is 0. The molecule has 0 aromatic heterocycles. The molecule has 2 nitrogen and oxygen atoms in total. The summed E-state index contributed by atoms with van der Waals surface area (Å²) in [6.45, 7) is 2.10. The molecule has 0 aliphatic heterocycles. The highest BCUT2D eigenvalue weighted by molar-refractivity contribution is 5.06. The molecule has 0 bridgehead atoms. The fourth-order valence-corrected chi connectivity index (χ4v) is 3.11. The number of nitrogens with one attached hydrogen (secondary N) is 1. The molecule has 2 saturated carbocycles. The third-order valence-corrected chi connectivity index (χ3v) is 4.30. The summed E-state index contributed by atoms with van der Waals surface area (Å²) in [5, 5.41) is 13.0. The van der Waals surface area contributed by atoms with Gasteiger partial charge in [0.2, 0.25) is 0 Å². The molecule has 0 aromatic rings. The molecule has 1 atom stereocenters. The van der Waals surface area contributed by atoms with Crippen molar-refractivity contribution in [3.8, 4) is 6.07 Å². The van der Waals surface area contributed by atoms with Gasteiger partial charge in [-0.3, -0.25) is 5.32 Å². The number of hydrogen-bond acceptors (Lipinski definition) is 2. The largest absolute Gasteiger partial charge is 0.297 e. The first kappa shape index (κ1) is 11.9. The van der Waals surface area contributed by atoms with Crippen LogP contribution in [0.25, 0.3) is 0 Å². The van der Waals surface area contributed by atoms with Gasteiger partial charge in [0.05, 0.1) is 6.07 Å². The lowest BCUT2D eigenvalue weighted by atomic mass is 9.76. The van der Waals surface area contributed by atoms with Gasteiger partial charge in [-0.25, -0.2) is 0 Å². The Kier molecular flexibility index (Phi) is 3.86. The molecule has 1 N–H and O–H groups in total. The monoisotopic (exact) mass is 220 g/mol. The van der Waals surface area contributed by atoms with E-state index in [1.165, 1.54) is 51.4 Å². The molecule has 1 unspecified atom stereocenters. The number of nitrogens with zero attached hydrogens (tertiary/aromatic N) is 1. The van der Waals surface area contributed by atoms with E-state index in [4.69, 9.17) is 0 Å². The van der Waals surface area contributed by atoms with E-state index in [0.29, 0.717) is 6.04 Å². The SMILES string of the molecule is CC(C#N)(CC1CCC1)NC1CCCCC1. The Morgan fingerprint density at radius 3 is 2.31 bits per heavy atom. The Balaban J connectivity index is 1.84. The zero-order chi connectivity index (χ0) is 11.4. The quantitative estimate of drug-likeness (QED) is 0.788. The van der Waals surface area contributed by atoms with Crippen LogP contribution in [0.5, 0.6) is 0 Å². The van der Waals surface area contributed by atoms with Crippen LogP contribution < -0.4 is 5.32 Å². The molecule has 0 radical (unpaired) electrons. The van der Waals surface area contributed by atoms with Crippen molar-refractivity contribution in [3.05, 3.63) is 0 Å². The highest BCUT2D eigenvalue weighted by Crippen LogP contribution is 2.34. The van der Waals surface area contributed by atoms with E-state index in [1.807, 2.05) is 0 Å². The second-order valence-electron chi connectivity index (χ2n) is 5.92. The van der Waals surface area contributed by atoms with E-state index >= 15 is 0 Å². The molecule has 2 rings (SSSR count). The van der Waals surface area contributed by atoms with Gasteiger partial charge in [0.15, 0.2) is 0 Å². The predicted octanol–water partition coefficient (Wildman–Crippen LogP) is 3.38. The average Bonchev–Trinajstić information content (AvgIpc) is 2.25. The second kappa shape index (κ2) is 5.19. The third kappa shape index (κ3) is 2.98. The van der Waals surface area contributed by atoms with Gasteiger partial charge in [0, 0.05) is 6.04 Å². The van der Waals surface area contributed by atoms with Gasteiger partial charge < -0.3 is 0 Å². The zero-order valence-electron chi connectivity index (χ0n) is 10.5. The van der Waals surface area contributed by atoms with Gasteiger partial charge in [-0.05, 0) is 32.1 Å². The van der Waals surface area contributed by atoms with Crippen molar-refractivity contribution in [2.24, 2.45) is 5.92 Å². The van der Waals surface area contributed by atoms with Gasteiger partial charge in [-0.15, -0.1) is 0 Å². The first-order chi connectivity index (χ1) is 7.72. The smallest absolute Gasteiger partial charge is 0.104 e. The Bertz CT molecular complexity index is 258. The summed E-state index contributed by atoms with van der Waals surface area (Å²) in [6.07, 6.45) is 11.7. The Morgan fingerprint density at radius 2 is 1.81 bits per heavy atom. The van der Waals surface area contributed by atoms with Crippen LogP contribution in [-0.4, -0.2) is 11.6 Å². The van der Waals surface area contributed by atoms with Crippen molar-refractivity contribution in [3.63, 3.8) is 0 Å². The number of nitriles is 1. The van der Waals surface area contributed by atoms with Crippen LogP contribution in [0.1, 0.15) is 64.7 Å². The van der Waals surface area contributed by atoms with E-state index < -0.39 is 0 Å². The van der Waals surface area contributed by atoms with Crippen LogP contribution in [0.2, 0.25) is 0 Å². The minimum absolute atomic E-state index is 0.271. The highest BCUT2D eigenvalue weighted by atomic mass is 15.0. The van der Waals surface area contributed by atoms with E-state index in [-0.39, 0.29) is 5.54 Å². The summed E-state index contributed by atoms with van der Waals surface area (Å²) in [6, 6.07) is 3.11. The molecule has 2 aliphatic carbocycles. The summed E-state index contributed by atoms with van der Waals surface area (Å²) in [5.41, 5.74) is -0.271. The molecule has 2 heteroatoms. The molecular formula is C14H24N2. The lowest BCUT2D eigenvalue weighted by Gasteiger charge is -2.36. The molecule has 2 fully saturated rings. The average molecular weight is 220 g/mol. The van der Waals surface area contributed by atoms with Gasteiger partial charge in [-0.1, -0.05) is 38.5 Å². The Labute approximate surface area is 99.4 Å². The van der Waals surface area contributed by atoms with Crippen molar-refractivity contribution < 1.29 is 0 Å². The summed E-state index contributed by atoms with van der Waals surface area (Å²) < 4.78 is 0. The minimum Gasteiger partial charge on any atom is -0.297 e. The van der Waals surface area contributed by atoms with E-state index in [9.17, 15) is 5.26 Å². The molecule has 90 valence electrons. The number of hydrogen-bond donors (Lipinski definition) is 1. The van der Waals surface area contributed by atoms with Crippen molar-refractivity contribution in [2.75, 3.05) is 0 Å². The molecule has 2 aliphatic rings. The lowest BCUT2D eigenvalue weighted by Crippen LogP contribution is -2.49. The van der Waals surface area contributed by atoms with Crippen LogP contribution in [0, 0.1) is 17.2 Å². The lowest BCUT2D eigenvalue weighted by molar-refractivity contribution is 0.212. The Hall–Kier alpha value is -0.550. The zero-order valence-corrected chi connectivity index (χ0v) is 10.5. The normalized spacial score (nSPS) is 26.8. The summed E-state index contributed by atoms with van der Waals surface area (Å²) in [5.74, 6) is 0.806. The van der Waals surface area contributed by atoms with Crippen LogP contribution in [0.4, 0.5) is 0 Å². The molecule has 0 amide bonds. The first-order valence-corrected chi connectivity index (χ1v) is 6.91.